The van der Waals surface area contributed by atoms with Gasteiger partial charge in [0.15, 0.2) is 0 Å². The lowest BCUT2D eigenvalue weighted by atomic mass is 10.2. The molecular weight excluding hydrogens is 177 g/mol. The van der Waals surface area contributed by atoms with Gasteiger partial charge in [-0.1, -0.05) is 39.8 Å². The molecule has 1 aromatic carbocycles. The molecule has 0 radical (unpaired) electrons. The summed E-state index contributed by atoms with van der Waals surface area (Å²) in [7, 11) is 1.86. The van der Waals surface area contributed by atoms with Crippen LogP contribution in [0.2, 0.25) is 0 Å². The molecule has 0 unspecified atom stereocenters. The maximum atomic E-state index is 12.3. The molecule has 0 saturated carbocycles. The van der Waals surface area contributed by atoms with E-state index in [0.717, 1.165) is 12.1 Å². The van der Waals surface area contributed by atoms with Crippen LogP contribution in [-0.2, 0) is 6.54 Å². The van der Waals surface area contributed by atoms with Gasteiger partial charge in [-0.3, -0.25) is 0 Å². The first-order valence-corrected chi connectivity index (χ1v) is 5.22. The highest BCUT2D eigenvalue weighted by atomic mass is 19.1. The molecule has 1 N–H and O–H groups in total. The van der Waals surface area contributed by atoms with Crippen molar-refractivity contribution in [3.05, 3.63) is 35.6 Å². The van der Waals surface area contributed by atoms with E-state index in [1.54, 1.807) is 12.1 Å². The molecule has 82 valence electrons. The van der Waals surface area contributed by atoms with E-state index in [1.807, 2.05) is 34.7 Å². The molecule has 0 bridgehead atoms. The van der Waals surface area contributed by atoms with Crippen LogP contribution >= 0.6 is 0 Å². The minimum atomic E-state index is -0.181. The van der Waals surface area contributed by atoms with E-state index in [0.29, 0.717) is 0 Å². The fraction of sp³-hybridized carbons (Fsp3) is 0.500. The van der Waals surface area contributed by atoms with E-state index < -0.39 is 0 Å². The van der Waals surface area contributed by atoms with E-state index in [9.17, 15) is 4.39 Å². The Morgan fingerprint density at radius 3 is 1.79 bits per heavy atom. The predicted octanol–water partition coefficient (Wildman–Crippen LogP) is 3.60. The fourth-order valence-electron chi connectivity index (χ4n) is 0.806. The molecule has 0 aromatic heterocycles. The maximum absolute atomic E-state index is 12.3. The largest absolute Gasteiger partial charge is 0.316 e. The summed E-state index contributed by atoms with van der Waals surface area (Å²) in [6, 6.07) is 6.47. The summed E-state index contributed by atoms with van der Waals surface area (Å²) in [5.74, 6) is -0.181. The minimum absolute atomic E-state index is 0.181. The van der Waals surface area contributed by atoms with Crippen LogP contribution in [-0.4, -0.2) is 7.05 Å². The van der Waals surface area contributed by atoms with Crippen LogP contribution in [0.3, 0.4) is 0 Å². The highest BCUT2D eigenvalue weighted by Gasteiger charge is 1.89. The van der Waals surface area contributed by atoms with Crippen molar-refractivity contribution in [2.45, 2.75) is 34.2 Å². The molecule has 1 nitrogen and oxygen atoms in total. The Hall–Kier alpha value is -0.890. The summed E-state index contributed by atoms with van der Waals surface area (Å²) in [5.41, 5.74) is 1.10. The number of hydrogen-bond donors (Lipinski definition) is 1. The van der Waals surface area contributed by atoms with Crippen molar-refractivity contribution in [3.63, 3.8) is 0 Å². The standard InChI is InChI=1S/C8H10FN.2C2H6/c1-10-6-7-2-4-8(9)5-3-7;2*1-2/h2-5,10H,6H2,1H3;2*1-2H3. The van der Waals surface area contributed by atoms with Gasteiger partial charge in [-0.15, -0.1) is 0 Å². The maximum Gasteiger partial charge on any atom is 0.123 e. The highest BCUT2D eigenvalue weighted by Crippen LogP contribution is 2.01. The van der Waals surface area contributed by atoms with Gasteiger partial charge in [-0.2, -0.15) is 0 Å². The average Bonchev–Trinajstić information content (AvgIpc) is 2.28. The Morgan fingerprint density at radius 2 is 1.43 bits per heavy atom. The molecular formula is C12H22FN. The van der Waals surface area contributed by atoms with Crippen LogP contribution in [0.4, 0.5) is 4.39 Å². The summed E-state index contributed by atoms with van der Waals surface area (Å²) in [5, 5.41) is 2.98. The van der Waals surface area contributed by atoms with E-state index in [-0.39, 0.29) is 5.82 Å². The molecule has 2 heteroatoms. The zero-order valence-corrected chi connectivity index (χ0v) is 9.89. The van der Waals surface area contributed by atoms with Gasteiger partial charge >= 0.3 is 0 Å². The Bertz CT molecular complexity index is 194. The molecule has 0 atom stereocenters. The van der Waals surface area contributed by atoms with Crippen molar-refractivity contribution in [2.75, 3.05) is 7.05 Å². The quantitative estimate of drug-likeness (QED) is 0.767. The highest BCUT2D eigenvalue weighted by molar-refractivity contribution is 5.15. The smallest absolute Gasteiger partial charge is 0.123 e. The fourth-order valence-corrected chi connectivity index (χ4v) is 0.806. The second-order valence-electron chi connectivity index (χ2n) is 2.16. The van der Waals surface area contributed by atoms with Gasteiger partial charge in [0.2, 0.25) is 0 Å². The van der Waals surface area contributed by atoms with Crippen LogP contribution in [0.5, 0.6) is 0 Å². The van der Waals surface area contributed by atoms with Crippen molar-refractivity contribution in [2.24, 2.45) is 0 Å². The first-order chi connectivity index (χ1) is 6.83. The Morgan fingerprint density at radius 1 is 1.00 bits per heavy atom. The minimum Gasteiger partial charge on any atom is -0.316 e. The summed E-state index contributed by atoms with van der Waals surface area (Å²) in [6.45, 7) is 8.79. The second kappa shape index (κ2) is 12.1. The van der Waals surface area contributed by atoms with E-state index in [1.165, 1.54) is 12.1 Å². The second-order valence-corrected chi connectivity index (χ2v) is 2.16. The molecule has 0 amide bonds. The zero-order valence-electron chi connectivity index (χ0n) is 9.89. The number of nitrogens with one attached hydrogen (secondary N) is 1. The van der Waals surface area contributed by atoms with Gasteiger partial charge < -0.3 is 5.32 Å². The average molecular weight is 199 g/mol. The molecule has 0 aliphatic carbocycles. The van der Waals surface area contributed by atoms with E-state index >= 15 is 0 Å². The number of halogens is 1. The van der Waals surface area contributed by atoms with E-state index in [4.69, 9.17) is 0 Å². The first kappa shape index (κ1) is 15.6. The number of benzene rings is 1. The lowest BCUT2D eigenvalue weighted by Gasteiger charge is -1.97. The SMILES string of the molecule is CC.CC.CNCc1ccc(F)cc1. The number of rotatable bonds is 2. The molecule has 1 rings (SSSR count). The number of hydrogen-bond acceptors (Lipinski definition) is 1. The van der Waals surface area contributed by atoms with Crippen LogP contribution in [0, 0.1) is 5.82 Å². The summed E-state index contributed by atoms with van der Waals surface area (Å²) in [6.07, 6.45) is 0. The molecule has 0 heterocycles. The monoisotopic (exact) mass is 199 g/mol. The van der Waals surface area contributed by atoms with Crippen molar-refractivity contribution >= 4 is 0 Å². The molecule has 0 spiro atoms. The molecule has 0 fully saturated rings. The summed E-state index contributed by atoms with van der Waals surface area (Å²) >= 11 is 0. The Kier molecular flexibility index (Phi) is 13.5. The van der Waals surface area contributed by atoms with Crippen molar-refractivity contribution in [1.82, 2.24) is 5.32 Å². The predicted molar refractivity (Wildman–Crippen MR) is 61.9 cm³/mol. The summed E-state index contributed by atoms with van der Waals surface area (Å²) < 4.78 is 12.3. The third-order valence-electron chi connectivity index (χ3n) is 1.29. The topological polar surface area (TPSA) is 12.0 Å². The van der Waals surface area contributed by atoms with Crippen molar-refractivity contribution in [1.29, 1.82) is 0 Å². The van der Waals surface area contributed by atoms with Crippen LogP contribution in [0.25, 0.3) is 0 Å². The van der Waals surface area contributed by atoms with Gasteiger partial charge in [0.25, 0.3) is 0 Å². The van der Waals surface area contributed by atoms with Crippen LogP contribution < -0.4 is 5.32 Å². The first-order valence-electron chi connectivity index (χ1n) is 5.22. The third-order valence-corrected chi connectivity index (χ3v) is 1.29. The summed E-state index contributed by atoms with van der Waals surface area (Å²) in [4.78, 5) is 0. The van der Waals surface area contributed by atoms with Gasteiger partial charge in [0.05, 0.1) is 0 Å². The Balaban J connectivity index is 0. The molecule has 0 aliphatic heterocycles. The van der Waals surface area contributed by atoms with Crippen LogP contribution in [0.15, 0.2) is 24.3 Å². The Labute approximate surface area is 87.3 Å². The van der Waals surface area contributed by atoms with Crippen molar-refractivity contribution < 1.29 is 4.39 Å². The third kappa shape index (κ3) is 7.74. The van der Waals surface area contributed by atoms with Gasteiger partial charge in [-0.25, -0.2) is 4.39 Å². The van der Waals surface area contributed by atoms with Gasteiger partial charge in [-0.05, 0) is 24.7 Å². The van der Waals surface area contributed by atoms with Gasteiger partial charge in [0, 0.05) is 6.54 Å². The molecule has 0 saturated heterocycles. The normalized spacial score (nSPS) is 7.86. The zero-order chi connectivity index (χ0) is 11.4. The van der Waals surface area contributed by atoms with E-state index in [2.05, 4.69) is 5.32 Å². The lowest BCUT2D eigenvalue weighted by Crippen LogP contribution is -2.04. The van der Waals surface area contributed by atoms with Gasteiger partial charge in [0.1, 0.15) is 5.82 Å². The molecule has 14 heavy (non-hydrogen) atoms. The van der Waals surface area contributed by atoms with Crippen molar-refractivity contribution in [3.8, 4) is 0 Å². The van der Waals surface area contributed by atoms with Crippen LogP contribution in [0.1, 0.15) is 33.3 Å². The molecule has 1 aromatic rings. The lowest BCUT2D eigenvalue weighted by molar-refractivity contribution is 0.626. The molecule has 0 aliphatic rings.